The Morgan fingerprint density at radius 3 is 2.50 bits per heavy atom. The highest BCUT2D eigenvalue weighted by Gasteiger charge is 2.28. The van der Waals surface area contributed by atoms with Gasteiger partial charge in [0, 0.05) is 26.7 Å². The minimum absolute atomic E-state index is 0.217. The summed E-state index contributed by atoms with van der Waals surface area (Å²) in [7, 11) is 1.57. The maximum absolute atomic E-state index is 12.1. The predicted octanol–water partition coefficient (Wildman–Crippen LogP) is 1.04. The van der Waals surface area contributed by atoms with Crippen LogP contribution in [0.5, 0.6) is 0 Å². The molecule has 0 spiro atoms. The summed E-state index contributed by atoms with van der Waals surface area (Å²) in [6.07, 6.45) is 2.20. The number of anilines is 2. The predicted molar refractivity (Wildman–Crippen MR) is 81.6 cm³/mol. The molecule has 0 aliphatic carbocycles. The van der Waals surface area contributed by atoms with Gasteiger partial charge in [-0.15, -0.1) is 11.3 Å². The Kier molecular flexibility index (Phi) is 4.49. The summed E-state index contributed by atoms with van der Waals surface area (Å²) < 4.78 is 0. The number of nitrogens with two attached hydrogens (primary N) is 1. The van der Waals surface area contributed by atoms with Crippen molar-refractivity contribution in [1.82, 2.24) is 10.6 Å². The first-order valence-corrected chi connectivity index (χ1v) is 7.59. The number of hydrogen-bond donors (Lipinski definition) is 3. The van der Waals surface area contributed by atoms with E-state index in [4.69, 9.17) is 5.73 Å². The number of carbonyl (C=O) groups is 2. The number of nitrogens with one attached hydrogen (secondary N) is 2. The van der Waals surface area contributed by atoms with Crippen molar-refractivity contribution in [2.75, 3.05) is 37.3 Å². The van der Waals surface area contributed by atoms with E-state index in [1.165, 1.54) is 11.3 Å². The van der Waals surface area contributed by atoms with Crippen molar-refractivity contribution in [2.24, 2.45) is 0 Å². The van der Waals surface area contributed by atoms with E-state index >= 15 is 0 Å². The number of amides is 2. The summed E-state index contributed by atoms with van der Waals surface area (Å²) in [5, 5.41) is 6.14. The topological polar surface area (TPSA) is 87.5 Å². The highest BCUT2D eigenvalue weighted by molar-refractivity contribution is 7.19. The van der Waals surface area contributed by atoms with Crippen molar-refractivity contribution in [3.63, 3.8) is 0 Å². The lowest BCUT2D eigenvalue weighted by molar-refractivity contribution is 0.0959. The van der Waals surface area contributed by atoms with Crippen molar-refractivity contribution in [1.29, 1.82) is 0 Å². The molecule has 1 aliphatic rings. The van der Waals surface area contributed by atoms with Crippen LogP contribution in [-0.4, -0.2) is 38.5 Å². The van der Waals surface area contributed by atoms with Crippen molar-refractivity contribution < 1.29 is 9.59 Å². The zero-order chi connectivity index (χ0) is 14.7. The number of thiophene rings is 1. The molecule has 0 radical (unpaired) electrons. The van der Waals surface area contributed by atoms with Crippen molar-refractivity contribution in [3.8, 4) is 0 Å². The molecule has 1 aliphatic heterocycles. The van der Waals surface area contributed by atoms with Gasteiger partial charge in [-0.1, -0.05) is 0 Å². The van der Waals surface area contributed by atoms with Crippen LogP contribution in [0.3, 0.4) is 0 Å². The van der Waals surface area contributed by atoms with Crippen LogP contribution in [0.2, 0.25) is 0 Å². The normalized spacial score (nSPS) is 14.4. The van der Waals surface area contributed by atoms with E-state index in [0.29, 0.717) is 17.0 Å². The number of carbonyl (C=O) groups excluding carboxylic acids is 2. The molecular weight excluding hydrogens is 276 g/mol. The Morgan fingerprint density at radius 2 is 1.95 bits per heavy atom. The molecule has 1 aromatic rings. The molecule has 7 heteroatoms. The molecule has 20 heavy (non-hydrogen) atoms. The standard InChI is InChI=1S/C13H20N4O2S/c1-3-16-12(19)10-9(14)8(11(18)15-2)13(20-10)17-6-4-5-7-17/h3-7,14H2,1-2H3,(H,15,18)(H,16,19). The SMILES string of the molecule is CCNC(=O)c1sc(N2CCCC2)c(C(=O)NC)c1N. The van der Waals surface area contributed by atoms with Crippen molar-refractivity contribution in [3.05, 3.63) is 10.4 Å². The summed E-state index contributed by atoms with van der Waals surface area (Å²) >= 11 is 1.30. The zero-order valence-corrected chi connectivity index (χ0v) is 12.6. The molecule has 1 fully saturated rings. The number of hydrogen-bond acceptors (Lipinski definition) is 5. The Balaban J connectivity index is 2.45. The molecule has 0 bridgehead atoms. The van der Waals surface area contributed by atoms with Gasteiger partial charge in [-0.25, -0.2) is 0 Å². The molecule has 6 nitrogen and oxygen atoms in total. The van der Waals surface area contributed by atoms with Gasteiger partial charge in [-0.05, 0) is 19.8 Å². The van der Waals surface area contributed by atoms with Crippen LogP contribution in [0.15, 0.2) is 0 Å². The van der Waals surface area contributed by atoms with Crippen molar-refractivity contribution >= 4 is 33.8 Å². The van der Waals surface area contributed by atoms with Crippen LogP contribution in [0, 0.1) is 0 Å². The Hall–Kier alpha value is -1.76. The van der Waals surface area contributed by atoms with Gasteiger partial charge < -0.3 is 21.3 Å². The molecule has 4 N–H and O–H groups in total. The Labute approximate surface area is 122 Å². The monoisotopic (exact) mass is 296 g/mol. The molecule has 2 heterocycles. The van der Waals surface area contributed by atoms with E-state index in [2.05, 4.69) is 15.5 Å². The first-order chi connectivity index (χ1) is 9.60. The lowest BCUT2D eigenvalue weighted by Crippen LogP contribution is -2.25. The average Bonchev–Trinajstić information content (AvgIpc) is 3.05. The molecule has 1 aromatic heterocycles. The number of rotatable bonds is 4. The van der Waals surface area contributed by atoms with E-state index in [1.54, 1.807) is 7.05 Å². The summed E-state index contributed by atoms with van der Waals surface area (Å²) in [5.74, 6) is -0.457. The van der Waals surface area contributed by atoms with Gasteiger partial charge >= 0.3 is 0 Å². The molecular formula is C13H20N4O2S. The highest BCUT2D eigenvalue weighted by Crippen LogP contribution is 2.39. The first-order valence-electron chi connectivity index (χ1n) is 6.77. The second-order valence-electron chi connectivity index (χ2n) is 4.66. The van der Waals surface area contributed by atoms with Crippen LogP contribution in [0.1, 0.15) is 39.8 Å². The summed E-state index contributed by atoms with van der Waals surface area (Å²) in [6.45, 7) is 4.19. The number of nitrogens with zero attached hydrogens (tertiary/aromatic N) is 1. The van der Waals surface area contributed by atoms with Crippen LogP contribution in [-0.2, 0) is 0 Å². The second-order valence-corrected chi connectivity index (χ2v) is 5.66. The molecule has 2 amide bonds. The van der Waals surface area contributed by atoms with Crippen LogP contribution in [0.25, 0.3) is 0 Å². The summed E-state index contributed by atoms with van der Waals surface area (Å²) in [5.41, 5.74) is 6.75. The largest absolute Gasteiger partial charge is 0.397 e. The number of nitrogen functional groups attached to an aromatic ring is 1. The molecule has 0 unspecified atom stereocenters. The van der Waals surface area contributed by atoms with E-state index in [9.17, 15) is 9.59 Å². The van der Waals surface area contributed by atoms with Gasteiger partial charge in [-0.3, -0.25) is 9.59 Å². The first kappa shape index (κ1) is 14.6. The average molecular weight is 296 g/mol. The molecule has 0 saturated carbocycles. The Morgan fingerprint density at radius 1 is 1.30 bits per heavy atom. The van der Waals surface area contributed by atoms with E-state index < -0.39 is 0 Å². The summed E-state index contributed by atoms with van der Waals surface area (Å²) in [4.78, 5) is 26.6. The van der Waals surface area contributed by atoms with Crippen molar-refractivity contribution in [2.45, 2.75) is 19.8 Å². The fourth-order valence-electron chi connectivity index (χ4n) is 2.33. The third-order valence-electron chi connectivity index (χ3n) is 3.32. The zero-order valence-electron chi connectivity index (χ0n) is 11.8. The minimum Gasteiger partial charge on any atom is -0.397 e. The lowest BCUT2D eigenvalue weighted by Gasteiger charge is -2.16. The van der Waals surface area contributed by atoms with Gasteiger partial charge in [0.25, 0.3) is 11.8 Å². The maximum Gasteiger partial charge on any atom is 0.263 e. The highest BCUT2D eigenvalue weighted by atomic mass is 32.1. The third kappa shape index (κ3) is 2.58. The fourth-order valence-corrected chi connectivity index (χ4v) is 3.51. The lowest BCUT2D eigenvalue weighted by atomic mass is 10.2. The molecule has 2 rings (SSSR count). The fraction of sp³-hybridized carbons (Fsp3) is 0.538. The third-order valence-corrected chi connectivity index (χ3v) is 4.58. The Bertz CT molecular complexity index is 521. The molecule has 0 aromatic carbocycles. The van der Waals surface area contributed by atoms with Gasteiger partial charge in [0.2, 0.25) is 0 Å². The van der Waals surface area contributed by atoms with Gasteiger partial charge in [0.15, 0.2) is 0 Å². The van der Waals surface area contributed by atoms with Gasteiger partial charge in [-0.2, -0.15) is 0 Å². The van der Waals surface area contributed by atoms with E-state index in [1.807, 2.05) is 6.92 Å². The molecule has 110 valence electrons. The van der Waals surface area contributed by atoms with Crippen LogP contribution < -0.4 is 21.3 Å². The minimum atomic E-state index is -0.240. The van der Waals surface area contributed by atoms with Crippen LogP contribution >= 0.6 is 11.3 Å². The van der Waals surface area contributed by atoms with Crippen LogP contribution in [0.4, 0.5) is 10.7 Å². The van der Waals surface area contributed by atoms with E-state index in [-0.39, 0.29) is 17.5 Å². The molecule has 1 saturated heterocycles. The van der Waals surface area contributed by atoms with Gasteiger partial charge in [0.1, 0.15) is 9.88 Å². The quantitative estimate of drug-likeness (QED) is 0.774. The molecule has 0 atom stereocenters. The van der Waals surface area contributed by atoms with Gasteiger partial charge in [0.05, 0.1) is 11.3 Å². The smallest absolute Gasteiger partial charge is 0.263 e. The van der Waals surface area contributed by atoms with E-state index in [0.717, 1.165) is 30.9 Å². The summed E-state index contributed by atoms with van der Waals surface area (Å²) in [6, 6.07) is 0. The second kappa shape index (κ2) is 6.13. The maximum atomic E-state index is 12.1.